The van der Waals surface area contributed by atoms with Crippen LogP contribution in [-0.2, 0) is 24.1 Å². The maximum absolute atomic E-state index is 12.6. The summed E-state index contributed by atoms with van der Waals surface area (Å²) in [5.74, 6) is 0.972. The maximum atomic E-state index is 12.6. The first kappa shape index (κ1) is 27.6. The van der Waals surface area contributed by atoms with E-state index in [1.165, 1.54) is 17.5 Å². The molecular formula is C30H44N6O3. The molecule has 9 heteroatoms. The summed E-state index contributed by atoms with van der Waals surface area (Å²) in [6, 6.07) is 11.6. The molecule has 212 valence electrons. The third-order valence-corrected chi connectivity index (χ3v) is 7.95. The van der Waals surface area contributed by atoms with E-state index in [2.05, 4.69) is 52.1 Å². The molecule has 9 nitrogen and oxygen atoms in total. The van der Waals surface area contributed by atoms with E-state index in [1.807, 2.05) is 20.8 Å². The number of carbonyl (C=O) groups is 1. The van der Waals surface area contributed by atoms with Gasteiger partial charge in [0.2, 0.25) is 0 Å². The molecule has 0 aliphatic carbocycles. The number of anilines is 1. The number of rotatable bonds is 6. The Balaban J connectivity index is 1.32. The topological polar surface area (TPSA) is 74.3 Å². The van der Waals surface area contributed by atoms with Crippen molar-refractivity contribution >= 4 is 11.9 Å². The third-order valence-electron chi connectivity index (χ3n) is 7.95. The SMILES string of the molecule is CN1CCC[C@H]1COc1nc2c(c(N3CCN(C(=O)OC(C)(C)C)CC3)n1)CCN(Cc1ccccc1)CC2. The molecule has 0 saturated carbocycles. The van der Waals surface area contributed by atoms with Gasteiger partial charge < -0.3 is 24.2 Å². The minimum absolute atomic E-state index is 0.245. The van der Waals surface area contributed by atoms with Crippen molar-refractivity contribution in [1.82, 2.24) is 24.7 Å². The molecule has 1 aromatic carbocycles. The number of hydrogen-bond donors (Lipinski definition) is 0. The van der Waals surface area contributed by atoms with E-state index in [-0.39, 0.29) is 6.09 Å². The van der Waals surface area contributed by atoms with Crippen molar-refractivity contribution in [3.8, 4) is 6.01 Å². The highest BCUT2D eigenvalue weighted by Gasteiger charge is 2.30. The Morgan fingerprint density at radius 2 is 1.72 bits per heavy atom. The monoisotopic (exact) mass is 536 g/mol. The number of ether oxygens (including phenoxy) is 2. The molecular weight excluding hydrogens is 492 g/mol. The van der Waals surface area contributed by atoms with Gasteiger partial charge in [0.1, 0.15) is 18.0 Å². The van der Waals surface area contributed by atoms with Crippen LogP contribution in [0.5, 0.6) is 6.01 Å². The van der Waals surface area contributed by atoms with Crippen molar-refractivity contribution in [3.05, 3.63) is 47.2 Å². The van der Waals surface area contributed by atoms with Gasteiger partial charge in [0.15, 0.2) is 0 Å². The predicted octanol–water partition coefficient (Wildman–Crippen LogP) is 3.61. The van der Waals surface area contributed by atoms with E-state index >= 15 is 0 Å². The summed E-state index contributed by atoms with van der Waals surface area (Å²) in [5.41, 5.74) is 3.16. The third kappa shape index (κ3) is 7.19. The molecule has 2 aromatic rings. The first-order chi connectivity index (χ1) is 18.7. The molecule has 0 unspecified atom stereocenters. The minimum Gasteiger partial charge on any atom is -0.462 e. The van der Waals surface area contributed by atoms with E-state index in [4.69, 9.17) is 19.4 Å². The highest BCUT2D eigenvalue weighted by molar-refractivity contribution is 5.68. The van der Waals surface area contributed by atoms with Gasteiger partial charge in [-0.2, -0.15) is 9.97 Å². The van der Waals surface area contributed by atoms with Crippen LogP contribution in [0.15, 0.2) is 30.3 Å². The average Bonchev–Trinajstić information content (AvgIpc) is 3.22. The molecule has 1 aromatic heterocycles. The number of aromatic nitrogens is 2. The quantitative estimate of drug-likeness (QED) is 0.555. The van der Waals surface area contributed by atoms with Crippen LogP contribution in [-0.4, -0.2) is 102 Å². The second kappa shape index (κ2) is 12.1. The zero-order valence-electron chi connectivity index (χ0n) is 24.1. The first-order valence-corrected chi connectivity index (χ1v) is 14.5. The standard InChI is InChI=1S/C30H44N6O3/c1-30(2,3)39-29(37)36-19-17-35(18-20-36)27-25-12-15-34(21-23-9-6-5-7-10-23)16-13-26(25)31-28(32-27)38-22-24-11-8-14-33(24)4/h5-7,9-10,24H,8,11-22H2,1-4H3/t24-/m0/s1. The molecule has 2 fully saturated rings. The Kier molecular flexibility index (Phi) is 8.57. The summed E-state index contributed by atoms with van der Waals surface area (Å²) in [6.45, 7) is 12.9. The molecule has 1 atom stereocenters. The number of piperazine rings is 1. The van der Waals surface area contributed by atoms with Crippen LogP contribution in [0.3, 0.4) is 0 Å². The summed E-state index contributed by atoms with van der Waals surface area (Å²) < 4.78 is 11.9. The highest BCUT2D eigenvalue weighted by atomic mass is 16.6. The fourth-order valence-corrected chi connectivity index (χ4v) is 5.72. The number of hydrogen-bond acceptors (Lipinski definition) is 8. The van der Waals surface area contributed by atoms with Gasteiger partial charge in [0, 0.05) is 63.8 Å². The van der Waals surface area contributed by atoms with Crippen molar-refractivity contribution in [3.63, 3.8) is 0 Å². The molecule has 2 saturated heterocycles. The van der Waals surface area contributed by atoms with E-state index in [0.717, 1.165) is 57.0 Å². The normalized spacial score (nSPS) is 21.0. The van der Waals surface area contributed by atoms with Gasteiger partial charge in [-0.25, -0.2) is 4.79 Å². The molecule has 1 amide bonds. The Bertz CT molecular complexity index is 1110. The van der Waals surface area contributed by atoms with Crippen LogP contribution in [0.4, 0.5) is 10.6 Å². The molecule has 3 aliphatic heterocycles. The molecule has 0 radical (unpaired) electrons. The second-order valence-corrected chi connectivity index (χ2v) is 12.1. The van der Waals surface area contributed by atoms with Crippen LogP contribution in [0.2, 0.25) is 0 Å². The lowest BCUT2D eigenvalue weighted by molar-refractivity contribution is 0.0240. The molecule has 3 aliphatic rings. The molecule has 0 bridgehead atoms. The molecule has 0 spiro atoms. The Labute approximate surface area is 233 Å². The number of nitrogens with zero attached hydrogens (tertiary/aromatic N) is 6. The number of fused-ring (bicyclic) bond motifs is 1. The summed E-state index contributed by atoms with van der Waals surface area (Å²) in [5, 5.41) is 0. The van der Waals surface area contributed by atoms with Crippen LogP contribution >= 0.6 is 0 Å². The van der Waals surface area contributed by atoms with Crippen LogP contribution in [0.1, 0.15) is 50.4 Å². The molecule has 0 N–H and O–H groups in total. The van der Waals surface area contributed by atoms with Crippen molar-refractivity contribution in [2.45, 2.75) is 64.6 Å². The Morgan fingerprint density at radius 3 is 2.41 bits per heavy atom. The number of amides is 1. The van der Waals surface area contributed by atoms with Gasteiger partial charge in [-0.05, 0) is 59.2 Å². The fourth-order valence-electron chi connectivity index (χ4n) is 5.72. The van der Waals surface area contributed by atoms with E-state index in [1.54, 1.807) is 4.90 Å². The number of carbonyl (C=O) groups excluding carboxylic acids is 1. The summed E-state index contributed by atoms with van der Waals surface area (Å²) in [7, 11) is 2.16. The zero-order valence-corrected chi connectivity index (χ0v) is 24.1. The smallest absolute Gasteiger partial charge is 0.410 e. The molecule has 5 rings (SSSR count). The number of likely N-dealkylation sites (tertiary alicyclic amines) is 1. The summed E-state index contributed by atoms with van der Waals surface area (Å²) >= 11 is 0. The van der Waals surface area contributed by atoms with Gasteiger partial charge >= 0.3 is 12.1 Å². The lowest BCUT2D eigenvalue weighted by Gasteiger charge is -2.37. The van der Waals surface area contributed by atoms with E-state index in [0.29, 0.717) is 44.8 Å². The van der Waals surface area contributed by atoms with E-state index in [9.17, 15) is 4.79 Å². The Hall–Kier alpha value is -2.91. The average molecular weight is 537 g/mol. The van der Waals surface area contributed by atoms with Crippen LogP contribution in [0, 0.1) is 0 Å². The largest absolute Gasteiger partial charge is 0.462 e. The van der Waals surface area contributed by atoms with Gasteiger partial charge in [-0.3, -0.25) is 4.90 Å². The number of likely N-dealkylation sites (N-methyl/N-ethyl adjacent to an activating group) is 1. The second-order valence-electron chi connectivity index (χ2n) is 12.1. The lowest BCUT2D eigenvalue weighted by atomic mass is 10.1. The maximum Gasteiger partial charge on any atom is 0.410 e. The molecule has 39 heavy (non-hydrogen) atoms. The Morgan fingerprint density at radius 1 is 0.974 bits per heavy atom. The lowest BCUT2D eigenvalue weighted by Crippen LogP contribution is -2.50. The van der Waals surface area contributed by atoms with Gasteiger partial charge in [-0.1, -0.05) is 30.3 Å². The van der Waals surface area contributed by atoms with Crippen molar-refractivity contribution in [2.24, 2.45) is 0 Å². The van der Waals surface area contributed by atoms with Gasteiger partial charge in [-0.15, -0.1) is 0 Å². The van der Waals surface area contributed by atoms with Gasteiger partial charge in [0.05, 0.1) is 5.69 Å². The first-order valence-electron chi connectivity index (χ1n) is 14.5. The number of benzene rings is 1. The highest BCUT2D eigenvalue weighted by Crippen LogP contribution is 2.29. The van der Waals surface area contributed by atoms with Crippen LogP contribution in [0.25, 0.3) is 0 Å². The fraction of sp³-hybridized carbons (Fsp3) is 0.633. The zero-order chi connectivity index (χ0) is 27.4. The van der Waals surface area contributed by atoms with E-state index < -0.39 is 5.60 Å². The van der Waals surface area contributed by atoms with Crippen molar-refractivity contribution in [1.29, 1.82) is 0 Å². The van der Waals surface area contributed by atoms with Crippen molar-refractivity contribution in [2.75, 3.05) is 64.4 Å². The summed E-state index contributed by atoms with van der Waals surface area (Å²) in [4.78, 5) is 31.6. The predicted molar refractivity (Wildman–Crippen MR) is 152 cm³/mol. The summed E-state index contributed by atoms with van der Waals surface area (Å²) in [6.07, 6.45) is 3.88. The van der Waals surface area contributed by atoms with Gasteiger partial charge in [0.25, 0.3) is 0 Å². The minimum atomic E-state index is -0.497. The van der Waals surface area contributed by atoms with Crippen molar-refractivity contribution < 1.29 is 14.3 Å². The van der Waals surface area contributed by atoms with Crippen LogP contribution < -0.4 is 9.64 Å². The molecule has 4 heterocycles.